The van der Waals surface area contributed by atoms with Crippen molar-refractivity contribution >= 4 is 23.3 Å². The minimum Gasteiger partial charge on any atom is -0.481 e. The van der Waals surface area contributed by atoms with Crippen LogP contribution in [-0.2, 0) is 17.8 Å². The van der Waals surface area contributed by atoms with E-state index in [1.165, 1.54) is 30.3 Å². The number of piperidine rings is 1. The van der Waals surface area contributed by atoms with Crippen LogP contribution < -0.4 is 0 Å². The first-order chi connectivity index (χ1) is 12.8. The van der Waals surface area contributed by atoms with Crippen LogP contribution in [0, 0.1) is 11.2 Å². The first-order valence-electron chi connectivity index (χ1n) is 8.50. The molecular formula is C19H20FNO5S. The highest BCUT2D eigenvalue weighted by molar-refractivity contribution is 7.13. The minimum absolute atomic E-state index is 0.0884. The number of thiophene rings is 1. The van der Waals surface area contributed by atoms with E-state index >= 15 is 0 Å². The van der Waals surface area contributed by atoms with Crippen LogP contribution >= 0.6 is 11.3 Å². The van der Waals surface area contributed by atoms with E-state index in [4.69, 9.17) is 5.11 Å². The highest BCUT2D eigenvalue weighted by atomic mass is 32.1. The predicted octanol–water partition coefficient (Wildman–Crippen LogP) is 2.47. The minimum atomic E-state index is -1.40. The Balaban J connectivity index is 1.80. The van der Waals surface area contributed by atoms with Gasteiger partial charge < -0.3 is 15.3 Å². The molecule has 1 aliphatic rings. The highest BCUT2D eigenvalue weighted by Crippen LogP contribution is 2.36. The van der Waals surface area contributed by atoms with Crippen LogP contribution in [0.3, 0.4) is 0 Å². The standard InChI is InChI=1S/C19H20FNO5S/c20-13-3-1-12(2-4-13)9-19(18(25)26)11-21(8-7-16(19)22)10-14-5-6-15(27-14)17(23)24/h1-6,16,22H,7-11H2,(H,23,24)(H,25,26)/t16-,19+/m0/s1. The van der Waals surface area contributed by atoms with Gasteiger partial charge in [0.1, 0.15) is 16.1 Å². The van der Waals surface area contributed by atoms with Gasteiger partial charge in [-0.3, -0.25) is 9.69 Å². The first kappa shape index (κ1) is 19.5. The predicted molar refractivity (Wildman–Crippen MR) is 97.4 cm³/mol. The number of rotatable bonds is 6. The van der Waals surface area contributed by atoms with E-state index in [-0.39, 0.29) is 17.8 Å². The number of carboxylic acid groups (broad SMARTS) is 2. The number of hydrogen-bond donors (Lipinski definition) is 3. The number of halogens is 1. The van der Waals surface area contributed by atoms with Gasteiger partial charge in [0, 0.05) is 24.5 Å². The van der Waals surface area contributed by atoms with Crippen molar-refractivity contribution in [3.05, 3.63) is 57.5 Å². The third-order valence-corrected chi connectivity index (χ3v) is 6.03. The molecule has 0 unspecified atom stereocenters. The van der Waals surface area contributed by atoms with Crippen LogP contribution in [-0.4, -0.2) is 51.4 Å². The first-order valence-corrected chi connectivity index (χ1v) is 9.32. The Morgan fingerprint density at radius 1 is 1.19 bits per heavy atom. The summed E-state index contributed by atoms with van der Waals surface area (Å²) in [6, 6.07) is 8.87. The quantitative estimate of drug-likeness (QED) is 0.698. The zero-order chi connectivity index (χ0) is 19.6. The summed E-state index contributed by atoms with van der Waals surface area (Å²) in [5.41, 5.74) is -0.757. The largest absolute Gasteiger partial charge is 0.481 e. The maximum atomic E-state index is 13.1. The summed E-state index contributed by atoms with van der Waals surface area (Å²) in [6.07, 6.45) is -0.635. The normalized spacial score (nSPS) is 23.3. The Labute approximate surface area is 159 Å². The fourth-order valence-corrected chi connectivity index (χ4v) is 4.41. The Hall–Kier alpha value is -2.29. The summed E-state index contributed by atoms with van der Waals surface area (Å²) in [5, 5.41) is 29.4. The Bertz CT molecular complexity index is 837. The molecular weight excluding hydrogens is 373 g/mol. The molecule has 3 N–H and O–H groups in total. The summed E-state index contributed by atoms with van der Waals surface area (Å²) in [7, 11) is 0. The fourth-order valence-electron chi connectivity index (χ4n) is 3.52. The van der Waals surface area contributed by atoms with Gasteiger partial charge in [-0.05, 0) is 42.7 Å². The van der Waals surface area contributed by atoms with Crippen LogP contribution in [0.25, 0.3) is 0 Å². The Kier molecular flexibility index (Phi) is 5.59. The van der Waals surface area contributed by atoms with Crippen molar-refractivity contribution in [2.45, 2.75) is 25.5 Å². The number of carboxylic acids is 2. The zero-order valence-corrected chi connectivity index (χ0v) is 15.3. The van der Waals surface area contributed by atoms with Crippen LogP contribution in [0.4, 0.5) is 4.39 Å². The van der Waals surface area contributed by atoms with Crippen molar-refractivity contribution in [1.29, 1.82) is 0 Å². The highest BCUT2D eigenvalue weighted by Gasteiger charge is 2.49. The molecule has 1 aliphatic heterocycles. The molecule has 1 aromatic carbocycles. The average molecular weight is 393 g/mol. The van der Waals surface area contributed by atoms with Crippen LogP contribution in [0.15, 0.2) is 36.4 Å². The van der Waals surface area contributed by atoms with E-state index < -0.39 is 29.3 Å². The van der Waals surface area contributed by atoms with Gasteiger partial charge in [-0.25, -0.2) is 9.18 Å². The van der Waals surface area contributed by atoms with Crippen LogP contribution in [0.2, 0.25) is 0 Å². The lowest BCUT2D eigenvalue weighted by molar-refractivity contribution is -0.163. The molecule has 2 atom stereocenters. The summed E-state index contributed by atoms with van der Waals surface area (Å²) in [5.74, 6) is -2.49. The van der Waals surface area contributed by atoms with E-state index in [0.717, 1.165) is 16.2 Å². The van der Waals surface area contributed by atoms with E-state index in [1.54, 1.807) is 6.07 Å². The number of hydrogen-bond acceptors (Lipinski definition) is 5. The molecule has 1 fully saturated rings. The molecule has 0 amide bonds. The molecule has 6 nitrogen and oxygen atoms in total. The molecule has 0 bridgehead atoms. The zero-order valence-electron chi connectivity index (χ0n) is 14.5. The molecule has 0 radical (unpaired) electrons. The molecule has 27 heavy (non-hydrogen) atoms. The van der Waals surface area contributed by atoms with Gasteiger partial charge in [-0.1, -0.05) is 12.1 Å². The van der Waals surface area contributed by atoms with Gasteiger partial charge in [-0.15, -0.1) is 11.3 Å². The molecule has 3 rings (SSSR count). The van der Waals surface area contributed by atoms with Crippen LogP contribution in [0.5, 0.6) is 0 Å². The summed E-state index contributed by atoms with van der Waals surface area (Å²) in [6.45, 7) is 1.06. The lowest BCUT2D eigenvalue weighted by atomic mass is 9.73. The summed E-state index contributed by atoms with van der Waals surface area (Å²) in [4.78, 5) is 26.1. The second kappa shape index (κ2) is 7.75. The Morgan fingerprint density at radius 3 is 2.48 bits per heavy atom. The number of aliphatic carboxylic acids is 1. The van der Waals surface area contributed by atoms with Gasteiger partial charge in [0.2, 0.25) is 0 Å². The fraction of sp³-hybridized carbons (Fsp3) is 0.368. The molecule has 8 heteroatoms. The second-order valence-corrected chi connectivity index (χ2v) is 8.02. The van der Waals surface area contributed by atoms with Gasteiger partial charge in [0.25, 0.3) is 0 Å². The number of benzene rings is 1. The maximum absolute atomic E-state index is 13.1. The summed E-state index contributed by atoms with van der Waals surface area (Å²) >= 11 is 1.16. The number of aromatic carboxylic acids is 1. The lowest BCUT2D eigenvalue weighted by Gasteiger charge is -2.43. The van der Waals surface area contributed by atoms with E-state index in [9.17, 15) is 24.2 Å². The number of carbonyl (C=O) groups is 2. The van der Waals surface area contributed by atoms with Crippen molar-refractivity contribution in [2.75, 3.05) is 13.1 Å². The number of likely N-dealkylation sites (tertiary alicyclic amines) is 1. The smallest absolute Gasteiger partial charge is 0.345 e. The average Bonchev–Trinajstić information content (AvgIpc) is 3.08. The SMILES string of the molecule is O=C(O)c1ccc(CN2CC[C@H](O)[C@](Cc3ccc(F)cc3)(C(=O)O)C2)s1. The van der Waals surface area contributed by atoms with Crippen LogP contribution in [0.1, 0.15) is 26.5 Å². The number of aliphatic hydroxyl groups excluding tert-OH is 1. The van der Waals surface area contributed by atoms with Gasteiger partial charge >= 0.3 is 11.9 Å². The van der Waals surface area contributed by atoms with E-state index in [2.05, 4.69) is 0 Å². The molecule has 144 valence electrons. The van der Waals surface area contributed by atoms with Gasteiger partial charge in [0.05, 0.1) is 6.10 Å². The van der Waals surface area contributed by atoms with Crippen molar-refractivity contribution in [2.24, 2.45) is 5.41 Å². The van der Waals surface area contributed by atoms with Crippen molar-refractivity contribution in [1.82, 2.24) is 4.90 Å². The molecule has 0 spiro atoms. The monoisotopic (exact) mass is 393 g/mol. The molecule has 2 aromatic rings. The lowest BCUT2D eigenvalue weighted by Crippen LogP contribution is -2.56. The second-order valence-electron chi connectivity index (χ2n) is 6.85. The molecule has 0 aliphatic carbocycles. The Morgan fingerprint density at radius 2 is 1.89 bits per heavy atom. The number of nitrogens with zero attached hydrogens (tertiary/aromatic N) is 1. The van der Waals surface area contributed by atoms with Crippen molar-refractivity contribution in [3.8, 4) is 0 Å². The third kappa shape index (κ3) is 4.18. The molecule has 1 saturated heterocycles. The molecule has 1 aromatic heterocycles. The van der Waals surface area contributed by atoms with Crippen molar-refractivity contribution in [3.63, 3.8) is 0 Å². The maximum Gasteiger partial charge on any atom is 0.345 e. The van der Waals surface area contributed by atoms with Crippen molar-refractivity contribution < 1.29 is 29.3 Å². The van der Waals surface area contributed by atoms with Gasteiger partial charge in [0.15, 0.2) is 0 Å². The topological polar surface area (TPSA) is 98.1 Å². The van der Waals surface area contributed by atoms with E-state index in [0.29, 0.717) is 25.1 Å². The molecule has 2 heterocycles. The third-order valence-electron chi connectivity index (χ3n) is 4.97. The molecule has 0 saturated carbocycles. The summed E-state index contributed by atoms with van der Waals surface area (Å²) < 4.78 is 13.1. The number of aliphatic hydroxyl groups is 1. The van der Waals surface area contributed by atoms with E-state index in [1.807, 2.05) is 4.90 Å². The van der Waals surface area contributed by atoms with Gasteiger partial charge in [-0.2, -0.15) is 0 Å².